The fraction of sp³-hybridized carbons (Fsp3) is 0. The first-order valence-corrected chi connectivity index (χ1v) is 4.90. The molecule has 3 nitrogen and oxygen atoms in total. The number of carboxylic acid groups (broad SMARTS) is 1. The van der Waals surface area contributed by atoms with Gasteiger partial charge in [-0.1, -0.05) is 18.2 Å². The zero-order valence-corrected chi connectivity index (χ0v) is 10.5. The molecule has 18 heavy (non-hydrogen) atoms. The minimum absolute atomic E-state index is 0. The van der Waals surface area contributed by atoms with E-state index in [1.807, 2.05) is 0 Å². The average molecular weight is 259 g/mol. The zero-order valence-electron chi connectivity index (χ0n) is 9.30. The van der Waals surface area contributed by atoms with Crippen LogP contribution in [0, 0.1) is 5.82 Å². The number of carbonyl (C=O) groups is 1. The first-order valence-electron chi connectivity index (χ1n) is 4.90. The number of hydrogen-bond donors (Lipinski definition) is 2. The van der Waals surface area contributed by atoms with Crippen LogP contribution in [-0.4, -0.2) is 33.5 Å². The highest BCUT2D eigenvalue weighted by atomic mass is 27.0. The molecule has 0 saturated carbocycles. The van der Waals surface area contributed by atoms with Crippen LogP contribution in [0.3, 0.4) is 0 Å². The second kappa shape index (κ2) is 5.68. The predicted molar refractivity (Wildman–Crippen MR) is 66.2 cm³/mol. The highest BCUT2D eigenvalue weighted by molar-refractivity contribution is 5.92. The molecule has 0 aliphatic heterocycles. The smallest absolute Gasteiger partial charge is 0.339 e. The molecule has 2 aromatic rings. The van der Waals surface area contributed by atoms with E-state index in [2.05, 4.69) is 0 Å². The predicted octanol–water partition coefficient (Wildman–Crippen LogP) is 2.52. The van der Waals surface area contributed by atoms with Crippen LogP contribution in [0.25, 0.3) is 11.1 Å². The summed E-state index contributed by atoms with van der Waals surface area (Å²) in [5.41, 5.74) is 1.13. The molecule has 2 aromatic carbocycles. The van der Waals surface area contributed by atoms with Crippen molar-refractivity contribution < 1.29 is 19.4 Å². The molecule has 0 fully saturated rings. The van der Waals surface area contributed by atoms with Gasteiger partial charge in [0.25, 0.3) is 0 Å². The Morgan fingerprint density at radius 1 is 1.00 bits per heavy atom. The third-order valence-electron chi connectivity index (χ3n) is 2.40. The van der Waals surface area contributed by atoms with Crippen molar-refractivity contribution in [3.63, 3.8) is 0 Å². The number of rotatable bonds is 2. The number of phenols is 1. The Kier molecular flexibility index (Phi) is 4.49. The Balaban J connectivity index is 0.00000162. The van der Waals surface area contributed by atoms with Crippen molar-refractivity contribution in [1.82, 2.24) is 0 Å². The maximum absolute atomic E-state index is 12.7. The van der Waals surface area contributed by atoms with Crippen molar-refractivity contribution in [2.24, 2.45) is 0 Å². The minimum Gasteiger partial charge on any atom is -0.507 e. The Morgan fingerprint density at radius 2 is 1.56 bits per heavy atom. The van der Waals surface area contributed by atoms with Gasteiger partial charge in [-0.15, -0.1) is 0 Å². The summed E-state index contributed by atoms with van der Waals surface area (Å²) in [5.74, 6) is -1.85. The molecule has 0 saturated heterocycles. The minimum atomic E-state index is -1.20. The van der Waals surface area contributed by atoms with E-state index in [1.165, 1.54) is 24.3 Å². The van der Waals surface area contributed by atoms with Crippen molar-refractivity contribution in [3.8, 4) is 16.9 Å². The molecular weight excluding hydrogens is 250 g/mol. The molecule has 3 radical (unpaired) electrons. The lowest BCUT2D eigenvalue weighted by atomic mass is 10.0. The van der Waals surface area contributed by atoms with Crippen LogP contribution in [0.1, 0.15) is 10.4 Å². The first kappa shape index (κ1) is 14.2. The number of carboxylic acids is 1. The van der Waals surface area contributed by atoms with Crippen molar-refractivity contribution in [1.29, 1.82) is 0 Å². The van der Waals surface area contributed by atoms with Crippen LogP contribution >= 0.6 is 0 Å². The maximum Gasteiger partial charge on any atom is 0.339 e. The molecule has 0 heterocycles. The summed E-state index contributed by atoms with van der Waals surface area (Å²) < 4.78 is 12.7. The van der Waals surface area contributed by atoms with Gasteiger partial charge in [-0.3, -0.25) is 0 Å². The van der Waals surface area contributed by atoms with Crippen LogP contribution in [0.2, 0.25) is 0 Å². The molecule has 2 N–H and O–H groups in total. The Labute approximate surface area is 114 Å². The number of benzene rings is 2. The fourth-order valence-corrected chi connectivity index (χ4v) is 1.53. The summed E-state index contributed by atoms with van der Waals surface area (Å²) in [5, 5.41) is 18.2. The highest BCUT2D eigenvalue weighted by Crippen LogP contribution is 2.26. The summed E-state index contributed by atoms with van der Waals surface area (Å²) in [7, 11) is 0. The summed E-state index contributed by atoms with van der Waals surface area (Å²) >= 11 is 0. The highest BCUT2D eigenvalue weighted by Gasteiger charge is 2.10. The largest absolute Gasteiger partial charge is 0.507 e. The SMILES string of the molecule is O=C(O)c1cc(-c2ccc(F)cc2)ccc1O.[Al]. The Bertz CT molecular complexity index is 567. The van der Waals surface area contributed by atoms with E-state index in [4.69, 9.17) is 5.11 Å². The lowest BCUT2D eigenvalue weighted by molar-refractivity contribution is 0.0694. The van der Waals surface area contributed by atoms with Gasteiger partial charge in [0.05, 0.1) is 0 Å². The van der Waals surface area contributed by atoms with Gasteiger partial charge in [0.15, 0.2) is 0 Å². The topological polar surface area (TPSA) is 57.5 Å². The molecule has 0 bridgehead atoms. The first-order chi connectivity index (χ1) is 8.08. The van der Waals surface area contributed by atoms with Gasteiger partial charge in [-0.2, -0.15) is 0 Å². The average Bonchev–Trinajstić information content (AvgIpc) is 2.30. The van der Waals surface area contributed by atoms with E-state index in [9.17, 15) is 14.3 Å². The second-order valence-electron chi connectivity index (χ2n) is 3.54. The summed E-state index contributed by atoms with van der Waals surface area (Å²) in [6, 6.07) is 9.92. The monoisotopic (exact) mass is 259 g/mol. The quantitative estimate of drug-likeness (QED) is 0.815. The van der Waals surface area contributed by atoms with Gasteiger partial charge in [0.1, 0.15) is 17.1 Å². The van der Waals surface area contributed by atoms with Crippen LogP contribution in [-0.2, 0) is 0 Å². The Hall–Kier alpha value is -1.83. The molecule has 2 rings (SSSR count). The van der Waals surface area contributed by atoms with Crippen molar-refractivity contribution in [2.45, 2.75) is 0 Å². The molecule has 0 aliphatic rings. The maximum atomic E-state index is 12.7. The molecule has 0 unspecified atom stereocenters. The Morgan fingerprint density at radius 3 is 2.11 bits per heavy atom. The van der Waals surface area contributed by atoms with Crippen LogP contribution in [0.15, 0.2) is 42.5 Å². The standard InChI is InChI=1S/C13H9FO3.Al/c14-10-4-1-8(2-5-10)9-3-6-12(15)11(7-9)13(16)17;/h1-7,15H,(H,16,17);. The van der Waals surface area contributed by atoms with E-state index in [-0.39, 0.29) is 34.5 Å². The van der Waals surface area contributed by atoms with Crippen LogP contribution < -0.4 is 0 Å². The number of hydrogen-bond acceptors (Lipinski definition) is 2. The summed E-state index contributed by atoms with van der Waals surface area (Å²) in [4.78, 5) is 10.8. The van der Waals surface area contributed by atoms with E-state index >= 15 is 0 Å². The molecule has 0 aliphatic carbocycles. The molecule has 0 amide bonds. The van der Waals surface area contributed by atoms with Gasteiger partial charge in [-0.25, -0.2) is 9.18 Å². The molecular formula is C13H9AlFO3. The number of halogens is 1. The molecule has 0 atom stereocenters. The van der Waals surface area contributed by atoms with Crippen molar-refractivity contribution in [3.05, 3.63) is 53.8 Å². The van der Waals surface area contributed by atoms with E-state index in [0.717, 1.165) is 0 Å². The third kappa shape index (κ3) is 2.89. The molecule has 89 valence electrons. The molecule has 0 aromatic heterocycles. The fourth-order valence-electron chi connectivity index (χ4n) is 1.53. The van der Waals surface area contributed by atoms with Crippen molar-refractivity contribution >= 4 is 23.3 Å². The van der Waals surface area contributed by atoms with Gasteiger partial charge in [0, 0.05) is 17.4 Å². The third-order valence-corrected chi connectivity index (χ3v) is 2.40. The van der Waals surface area contributed by atoms with Crippen LogP contribution in [0.4, 0.5) is 4.39 Å². The molecule has 5 heteroatoms. The van der Waals surface area contributed by atoms with Gasteiger partial charge < -0.3 is 10.2 Å². The number of aromatic carboxylic acids is 1. The van der Waals surface area contributed by atoms with E-state index < -0.39 is 5.97 Å². The van der Waals surface area contributed by atoms with Gasteiger partial charge in [-0.05, 0) is 35.4 Å². The van der Waals surface area contributed by atoms with E-state index in [0.29, 0.717) is 11.1 Å². The summed E-state index contributed by atoms with van der Waals surface area (Å²) in [6.45, 7) is 0. The lowest BCUT2D eigenvalue weighted by Gasteiger charge is -2.04. The summed E-state index contributed by atoms with van der Waals surface area (Å²) in [6.07, 6.45) is 0. The van der Waals surface area contributed by atoms with Gasteiger partial charge in [0.2, 0.25) is 0 Å². The van der Waals surface area contributed by atoms with Gasteiger partial charge >= 0.3 is 5.97 Å². The van der Waals surface area contributed by atoms with Crippen molar-refractivity contribution in [2.75, 3.05) is 0 Å². The normalized spacial score (nSPS) is 9.61. The number of aromatic hydroxyl groups is 1. The van der Waals surface area contributed by atoms with Crippen LogP contribution in [0.5, 0.6) is 5.75 Å². The zero-order chi connectivity index (χ0) is 12.4. The lowest BCUT2D eigenvalue weighted by Crippen LogP contribution is -1.96. The van der Waals surface area contributed by atoms with E-state index in [1.54, 1.807) is 18.2 Å². The second-order valence-corrected chi connectivity index (χ2v) is 3.54. The molecule has 0 spiro atoms.